The largest absolute Gasteiger partial charge is 0.272 e. The molecule has 0 fully saturated rings. The highest BCUT2D eigenvalue weighted by Crippen LogP contribution is 2.07. The lowest BCUT2D eigenvalue weighted by Gasteiger charge is -2.03. The molecule has 1 heterocycles. The van der Waals surface area contributed by atoms with Crippen molar-refractivity contribution in [1.29, 1.82) is 0 Å². The Morgan fingerprint density at radius 1 is 1.11 bits per heavy atom. The van der Waals surface area contributed by atoms with Gasteiger partial charge in [0.05, 0.1) is 5.69 Å². The summed E-state index contributed by atoms with van der Waals surface area (Å²) >= 11 is 0. The van der Waals surface area contributed by atoms with Crippen LogP contribution in [0.5, 0.6) is 0 Å². The minimum atomic E-state index is 0.678. The molecule has 0 atom stereocenters. The molecule has 0 N–H and O–H groups in total. The van der Waals surface area contributed by atoms with Crippen LogP contribution < -0.4 is 0 Å². The fraction of sp³-hybridized carbons (Fsp3) is 0.438. The van der Waals surface area contributed by atoms with Crippen molar-refractivity contribution >= 4 is 0 Å². The van der Waals surface area contributed by atoms with Crippen molar-refractivity contribution in [1.82, 2.24) is 9.78 Å². The van der Waals surface area contributed by atoms with Crippen LogP contribution >= 0.6 is 0 Å². The molecule has 1 aromatic carbocycles. The molecule has 0 amide bonds. The average molecular weight is 242 g/mol. The van der Waals surface area contributed by atoms with Crippen LogP contribution in [0, 0.1) is 5.92 Å². The highest BCUT2D eigenvalue weighted by Gasteiger charge is 2.02. The maximum absolute atomic E-state index is 4.60. The van der Waals surface area contributed by atoms with Crippen LogP contribution in [-0.2, 0) is 19.4 Å². The summed E-state index contributed by atoms with van der Waals surface area (Å²) in [7, 11) is 0. The molecule has 0 bridgehead atoms. The van der Waals surface area contributed by atoms with Crippen LogP contribution in [0.25, 0.3) is 0 Å². The smallest absolute Gasteiger partial charge is 0.0627 e. The van der Waals surface area contributed by atoms with E-state index in [1.165, 1.54) is 11.3 Å². The number of hydrogen-bond acceptors (Lipinski definition) is 1. The molecule has 1 aromatic heterocycles. The molecular weight excluding hydrogens is 220 g/mol. The van der Waals surface area contributed by atoms with Gasteiger partial charge >= 0.3 is 0 Å². The Morgan fingerprint density at radius 2 is 1.89 bits per heavy atom. The predicted molar refractivity (Wildman–Crippen MR) is 75.5 cm³/mol. The summed E-state index contributed by atoms with van der Waals surface area (Å²) in [6.07, 6.45) is 5.45. The third-order valence-corrected chi connectivity index (χ3v) is 3.01. The molecule has 0 aliphatic carbocycles. The predicted octanol–water partition coefficient (Wildman–Crippen LogP) is 3.71. The molecule has 0 aliphatic heterocycles. The Bertz CT molecular complexity index is 457. The van der Waals surface area contributed by atoms with Crippen molar-refractivity contribution in [3.8, 4) is 0 Å². The maximum Gasteiger partial charge on any atom is 0.0627 e. The molecule has 0 spiro atoms. The van der Waals surface area contributed by atoms with E-state index in [1.54, 1.807) is 0 Å². The maximum atomic E-state index is 4.60. The van der Waals surface area contributed by atoms with E-state index in [1.807, 2.05) is 0 Å². The standard InChI is InChI=1S/C16H22N2/c1-14(2)13-16-10-12-18(17-16)11-6-9-15-7-4-3-5-8-15/h3-5,7-8,10,12,14H,6,9,11,13H2,1-2H3. The van der Waals surface area contributed by atoms with Crippen LogP contribution in [0.15, 0.2) is 42.6 Å². The van der Waals surface area contributed by atoms with Gasteiger partial charge in [0.1, 0.15) is 0 Å². The summed E-state index contributed by atoms with van der Waals surface area (Å²) < 4.78 is 2.07. The average Bonchev–Trinajstić information content (AvgIpc) is 2.77. The monoisotopic (exact) mass is 242 g/mol. The van der Waals surface area contributed by atoms with Crippen molar-refractivity contribution < 1.29 is 0 Å². The van der Waals surface area contributed by atoms with Crippen molar-refractivity contribution in [2.24, 2.45) is 5.92 Å². The highest BCUT2D eigenvalue weighted by molar-refractivity contribution is 5.14. The zero-order valence-electron chi connectivity index (χ0n) is 11.3. The number of benzene rings is 1. The first-order valence-electron chi connectivity index (χ1n) is 6.80. The molecule has 0 aliphatic rings. The lowest BCUT2D eigenvalue weighted by molar-refractivity contribution is 0.558. The van der Waals surface area contributed by atoms with Crippen molar-refractivity contribution in [3.63, 3.8) is 0 Å². The van der Waals surface area contributed by atoms with Crippen molar-refractivity contribution in [2.75, 3.05) is 0 Å². The van der Waals surface area contributed by atoms with Gasteiger partial charge in [-0.1, -0.05) is 44.2 Å². The van der Waals surface area contributed by atoms with Crippen LogP contribution in [0.3, 0.4) is 0 Å². The van der Waals surface area contributed by atoms with Crippen LogP contribution in [0.1, 0.15) is 31.5 Å². The van der Waals surface area contributed by atoms with Crippen molar-refractivity contribution in [3.05, 3.63) is 53.9 Å². The van der Waals surface area contributed by atoms with E-state index in [0.717, 1.165) is 25.8 Å². The lowest BCUT2D eigenvalue weighted by Crippen LogP contribution is -2.02. The number of hydrogen-bond donors (Lipinski definition) is 0. The molecule has 2 rings (SSSR count). The topological polar surface area (TPSA) is 17.8 Å². The van der Waals surface area contributed by atoms with E-state index in [9.17, 15) is 0 Å². The first kappa shape index (κ1) is 12.9. The van der Waals surface area contributed by atoms with Gasteiger partial charge in [0.15, 0.2) is 0 Å². The molecule has 0 saturated carbocycles. The Balaban J connectivity index is 1.78. The Morgan fingerprint density at radius 3 is 2.61 bits per heavy atom. The second-order valence-electron chi connectivity index (χ2n) is 5.26. The van der Waals surface area contributed by atoms with Crippen molar-refractivity contribution in [2.45, 2.75) is 39.7 Å². The molecular formula is C16H22N2. The number of rotatable bonds is 6. The minimum Gasteiger partial charge on any atom is -0.272 e. The first-order valence-corrected chi connectivity index (χ1v) is 6.80. The third-order valence-electron chi connectivity index (χ3n) is 3.01. The molecule has 0 saturated heterocycles. The van der Waals surface area contributed by atoms with Gasteiger partial charge in [-0.15, -0.1) is 0 Å². The number of aryl methyl sites for hydroxylation is 2. The highest BCUT2D eigenvalue weighted by atomic mass is 15.3. The lowest BCUT2D eigenvalue weighted by atomic mass is 10.1. The Kier molecular flexibility index (Phi) is 4.57. The molecule has 2 heteroatoms. The summed E-state index contributed by atoms with van der Waals surface area (Å²) in [5.74, 6) is 0.678. The minimum absolute atomic E-state index is 0.678. The molecule has 96 valence electrons. The summed E-state index contributed by atoms with van der Waals surface area (Å²) in [5.41, 5.74) is 2.62. The van der Waals surface area contributed by atoms with Gasteiger partial charge in [-0.25, -0.2) is 0 Å². The zero-order valence-corrected chi connectivity index (χ0v) is 11.3. The fourth-order valence-electron chi connectivity index (χ4n) is 2.15. The molecule has 2 aromatic rings. The van der Waals surface area contributed by atoms with Gasteiger partial charge in [0.2, 0.25) is 0 Å². The van der Waals surface area contributed by atoms with Gasteiger partial charge in [0, 0.05) is 12.7 Å². The summed E-state index contributed by atoms with van der Waals surface area (Å²) in [6.45, 7) is 5.47. The Labute approximate surface area is 110 Å². The van der Waals surface area contributed by atoms with E-state index < -0.39 is 0 Å². The second kappa shape index (κ2) is 6.39. The summed E-state index contributed by atoms with van der Waals surface area (Å²) in [6, 6.07) is 12.8. The normalized spacial score (nSPS) is 11.1. The van der Waals surface area contributed by atoms with Gasteiger partial charge in [-0.2, -0.15) is 5.10 Å². The third kappa shape index (κ3) is 4.02. The first-order chi connectivity index (χ1) is 8.74. The van der Waals surface area contributed by atoms with E-state index in [2.05, 4.69) is 66.2 Å². The Hall–Kier alpha value is -1.57. The SMILES string of the molecule is CC(C)Cc1ccn(CCCc2ccccc2)n1. The van der Waals surface area contributed by atoms with E-state index in [4.69, 9.17) is 0 Å². The van der Waals surface area contributed by atoms with Crippen LogP contribution in [0.2, 0.25) is 0 Å². The van der Waals surface area contributed by atoms with Gasteiger partial charge in [0.25, 0.3) is 0 Å². The summed E-state index contributed by atoms with van der Waals surface area (Å²) in [5, 5.41) is 4.60. The van der Waals surface area contributed by atoms with E-state index >= 15 is 0 Å². The van der Waals surface area contributed by atoms with Gasteiger partial charge in [-0.05, 0) is 36.8 Å². The quantitative estimate of drug-likeness (QED) is 0.755. The molecule has 0 unspecified atom stereocenters. The molecule has 2 nitrogen and oxygen atoms in total. The van der Waals surface area contributed by atoms with E-state index in [0.29, 0.717) is 5.92 Å². The van der Waals surface area contributed by atoms with Crippen LogP contribution in [-0.4, -0.2) is 9.78 Å². The van der Waals surface area contributed by atoms with Gasteiger partial charge in [-0.3, -0.25) is 4.68 Å². The zero-order chi connectivity index (χ0) is 12.8. The number of nitrogens with zero attached hydrogens (tertiary/aromatic N) is 2. The molecule has 0 radical (unpaired) electrons. The second-order valence-corrected chi connectivity index (χ2v) is 5.26. The summed E-state index contributed by atoms with van der Waals surface area (Å²) in [4.78, 5) is 0. The number of aromatic nitrogens is 2. The fourth-order valence-corrected chi connectivity index (χ4v) is 2.15. The van der Waals surface area contributed by atoms with Gasteiger partial charge < -0.3 is 0 Å². The van der Waals surface area contributed by atoms with Crippen LogP contribution in [0.4, 0.5) is 0 Å². The van der Waals surface area contributed by atoms with E-state index in [-0.39, 0.29) is 0 Å². The molecule has 18 heavy (non-hydrogen) atoms.